The van der Waals surface area contributed by atoms with Gasteiger partial charge in [0.1, 0.15) is 5.75 Å². The van der Waals surface area contributed by atoms with Gasteiger partial charge in [-0.25, -0.2) is 0 Å². The molecule has 1 fully saturated rings. The van der Waals surface area contributed by atoms with Crippen LogP contribution in [0.3, 0.4) is 0 Å². The molecule has 0 bridgehead atoms. The summed E-state index contributed by atoms with van der Waals surface area (Å²) in [6, 6.07) is 7.03. The maximum Gasteiger partial charge on any atom is 0.124 e. The van der Waals surface area contributed by atoms with Gasteiger partial charge in [-0.1, -0.05) is 13.0 Å². The van der Waals surface area contributed by atoms with E-state index >= 15 is 0 Å². The third-order valence-electron chi connectivity index (χ3n) is 3.50. The number of hydrogen-bond acceptors (Lipinski definition) is 4. The van der Waals surface area contributed by atoms with Gasteiger partial charge >= 0.3 is 0 Å². The number of ether oxygens (including phenoxy) is 3. The van der Waals surface area contributed by atoms with E-state index in [4.69, 9.17) is 14.2 Å². The van der Waals surface area contributed by atoms with Crippen LogP contribution in [0.25, 0.3) is 0 Å². The van der Waals surface area contributed by atoms with Crippen LogP contribution in [0, 0.1) is 0 Å². The monoisotopic (exact) mass is 293 g/mol. The molecule has 4 heteroatoms. The summed E-state index contributed by atoms with van der Waals surface area (Å²) in [5.74, 6) is 0.889. The van der Waals surface area contributed by atoms with Crippen molar-refractivity contribution in [3.63, 3.8) is 0 Å². The fourth-order valence-electron chi connectivity index (χ4n) is 2.15. The van der Waals surface area contributed by atoms with Crippen LogP contribution in [-0.2, 0) is 22.6 Å². The molecule has 1 aliphatic carbocycles. The van der Waals surface area contributed by atoms with Gasteiger partial charge in [0, 0.05) is 24.8 Å². The SMILES string of the molecule is CCCOCCOCc1cc(CNC2CC2)ccc1OC. The van der Waals surface area contributed by atoms with Crippen molar-refractivity contribution in [1.82, 2.24) is 5.32 Å². The molecule has 0 aromatic heterocycles. The largest absolute Gasteiger partial charge is 0.496 e. The Morgan fingerprint density at radius 2 is 1.95 bits per heavy atom. The minimum atomic E-state index is 0.565. The lowest BCUT2D eigenvalue weighted by atomic mass is 10.1. The van der Waals surface area contributed by atoms with Gasteiger partial charge in [0.25, 0.3) is 0 Å². The molecule has 1 saturated carbocycles. The smallest absolute Gasteiger partial charge is 0.124 e. The lowest BCUT2D eigenvalue weighted by Crippen LogP contribution is -2.15. The molecular formula is C17H27NO3. The van der Waals surface area contributed by atoms with E-state index in [0.29, 0.717) is 19.8 Å². The molecule has 0 unspecified atom stereocenters. The van der Waals surface area contributed by atoms with E-state index in [1.54, 1.807) is 7.11 Å². The Morgan fingerprint density at radius 1 is 1.14 bits per heavy atom. The Hall–Kier alpha value is -1.10. The Kier molecular flexibility index (Phi) is 7.00. The lowest BCUT2D eigenvalue weighted by molar-refractivity contribution is 0.0402. The van der Waals surface area contributed by atoms with Gasteiger partial charge in [0.2, 0.25) is 0 Å². The quantitative estimate of drug-likeness (QED) is 0.637. The molecule has 0 amide bonds. The van der Waals surface area contributed by atoms with Crippen molar-refractivity contribution in [1.29, 1.82) is 0 Å². The first-order valence-electron chi connectivity index (χ1n) is 7.88. The third kappa shape index (κ3) is 6.04. The van der Waals surface area contributed by atoms with Crippen LogP contribution < -0.4 is 10.1 Å². The zero-order chi connectivity index (χ0) is 14.9. The molecule has 0 spiro atoms. The maximum absolute atomic E-state index is 5.68. The summed E-state index contributed by atoms with van der Waals surface area (Å²) in [5.41, 5.74) is 2.38. The highest BCUT2D eigenvalue weighted by molar-refractivity contribution is 5.37. The van der Waals surface area contributed by atoms with Crippen LogP contribution in [-0.4, -0.2) is 33.0 Å². The van der Waals surface area contributed by atoms with Crippen molar-refractivity contribution in [3.05, 3.63) is 29.3 Å². The van der Waals surface area contributed by atoms with Crippen LogP contribution in [0.15, 0.2) is 18.2 Å². The van der Waals surface area contributed by atoms with Crippen molar-refractivity contribution in [2.75, 3.05) is 26.9 Å². The van der Waals surface area contributed by atoms with Crippen LogP contribution >= 0.6 is 0 Å². The molecular weight excluding hydrogens is 266 g/mol. The number of methoxy groups -OCH3 is 1. The third-order valence-corrected chi connectivity index (χ3v) is 3.50. The van der Waals surface area contributed by atoms with Gasteiger partial charge in [0.05, 0.1) is 26.9 Å². The Bertz CT molecular complexity index is 418. The molecule has 1 aromatic carbocycles. The zero-order valence-electron chi connectivity index (χ0n) is 13.2. The average Bonchev–Trinajstić information content (AvgIpc) is 3.33. The van der Waals surface area contributed by atoms with Crippen LogP contribution in [0.4, 0.5) is 0 Å². The number of rotatable bonds is 11. The summed E-state index contributed by atoms with van der Waals surface area (Å²) in [6.45, 7) is 5.66. The van der Waals surface area contributed by atoms with E-state index in [2.05, 4.69) is 24.4 Å². The lowest BCUT2D eigenvalue weighted by Gasteiger charge is -2.12. The second kappa shape index (κ2) is 9.03. The van der Waals surface area contributed by atoms with Crippen LogP contribution in [0.2, 0.25) is 0 Å². The highest BCUT2D eigenvalue weighted by atomic mass is 16.5. The number of hydrogen-bond donors (Lipinski definition) is 1. The average molecular weight is 293 g/mol. The van der Waals surface area contributed by atoms with Crippen molar-refractivity contribution >= 4 is 0 Å². The first-order chi connectivity index (χ1) is 10.3. The molecule has 118 valence electrons. The topological polar surface area (TPSA) is 39.7 Å². The molecule has 0 radical (unpaired) electrons. The Balaban J connectivity index is 1.78. The van der Waals surface area contributed by atoms with Crippen molar-refractivity contribution < 1.29 is 14.2 Å². The highest BCUT2D eigenvalue weighted by Crippen LogP contribution is 2.23. The first-order valence-corrected chi connectivity index (χ1v) is 7.88. The molecule has 1 N–H and O–H groups in total. The summed E-state index contributed by atoms with van der Waals surface area (Å²) >= 11 is 0. The van der Waals surface area contributed by atoms with Crippen molar-refractivity contribution in [2.24, 2.45) is 0 Å². The molecule has 1 aliphatic rings. The maximum atomic E-state index is 5.68. The predicted octanol–water partition coefficient (Wildman–Crippen LogP) is 2.89. The van der Waals surface area contributed by atoms with Gasteiger partial charge in [-0.3, -0.25) is 0 Å². The summed E-state index contributed by atoms with van der Waals surface area (Å²) in [5, 5.41) is 3.53. The Morgan fingerprint density at radius 3 is 2.67 bits per heavy atom. The minimum absolute atomic E-state index is 0.565. The molecule has 4 nitrogen and oxygen atoms in total. The first kappa shape index (κ1) is 16.3. The molecule has 0 atom stereocenters. The molecule has 1 aromatic rings. The molecule has 0 heterocycles. The van der Waals surface area contributed by atoms with E-state index in [1.165, 1.54) is 18.4 Å². The second-order valence-corrected chi connectivity index (χ2v) is 5.47. The van der Waals surface area contributed by atoms with E-state index in [0.717, 1.165) is 36.9 Å². The van der Waals surface area contributed by atoms with E-state index in [1.807, 2.05) is 6.07 Å². The summed E-state index contributed by atoms with van der Waals surface area (Å²) < 4.78 is 16.5. The molecule has 21 heavy (non-hydrogen) atoms. The van der Waals surface area contributed by atoms with E-state index in [9.17, 15) is 0 Å². The van der Waals surface area contributed by atoms with Crippen molar-refractivity contribution in [3.8, 4) is 5.75 Å². The van der Waals surface area contributed by atoms with E-state index in [-0.39, 0.29) is 0 Å². The fraction of sp³-hybridized carbons (Fsp3) is 0.647. The van der Waals surface area contributed by atoms with Crippen LogP contribution in [0.1, 0.15) is 37.3 Å². The van der Waals surface area contributed by atoms with Gasteiger partial charge in [0.15, 0.2) is 0 Å². The normalized spacial score (nSPS) is 14.4. The summed E-state index contributed by atoms with van der Waals surface area (Å²) in [4.78, 5) is 0. The predicted molar refractivity (Wildman–Crippen MR) is 83.6 cm³/mol. The summed E-state index contributed by atoms with van der Waals surface area (Å²) in [7, 11) is 1.70. The van der Waals surface area contributed by atoms with Crippen LogP contribution in [0.5, 0.6) is 5.75 Å². The highest BCUT2D eigenvalue weighted by Gasteiger charge is 2.20. The van der Waals surface area contributed by atoms with Gasteiger partial charge in [-0.15, -0.1) is 0 Å². The van der Waals surface area contributed by atoms with E-state index < -0.39 is 0 Å². The Labute approximate surface area is 127 Å². The van der Waals surface area contributed by atoms with Crippen molar-refractivity contribution in [2.45, 2.75) is 45.4 Å². The summed E-state index contributed by atoms with van der Waals surface area (Å²) in [6.07, 6.45) is 3.66. The molecule has 0 aliphatic heterocycles. The van der Waals surface area contributed by atoms with Gasteiger partial charge in [-0.05, 0) is 37.0 Å². The molecule has 0 saturated heterocycles. The van der Waals surface area contributed by atoms with Gasteiger partial charge in [-0.2, -0.15) is 0 Å². The van der Waals surface area contributed by atoms with Gasteiger partial charge < -0.3 is 19.5 Å². The zero-order valence-corrected chi connectivity index (χ0v) is 13.2. The second-order valence-electron chi connectivity index (χ2n) is 5.47. The standard InChI is InChI=1S/C17H27NO3/c1-3-8-20-9-10-21-13-15-11-14(4-7-17(15)19-2)12-18-16-5-6-16/h4,7,11,16,18H,3,5-6,8-10,12-13H2,1-2H3. The molecule has 2 rings (SSSR count). The number of nitrogens with one attached hydrogen (secondary N) is 1. The number of benzene rings is 1. The fourth-order valence-corrected chi connectivity index (χ4v) is 2.15. The minimum Gasteiger partial charge on any atom is -0.496 e.